The van der Waals surface area contributed by atoms with E-state index < -0.39 is 0 Å². The van der Waals surface area contributed by atoms with Gasteiger partial charge >= 0.3 is 0 Å². The van der Waals surface area contributed by atoms with Crippen LogP contribution in [0.3, 0.4) is 0 Å². The first-order valence-corrected chi connectivity index (χ1v) is 8.11. The lowest BCUT2D eigenvalue weighted by molar-refractivity contribution is -0.115. The number of benzene rings is 2. The van der Waals surface area contributed by atoms with Gasteiger partial charge in [-0.1, -0.05) is 42.5 Å². The van der Waals surface area contributed by atoms with Gasteiger partial charge in [0.15, 0.2) is 0 Å². The van der Waals surface area contributed by atoms with Crippen LogP contribution in [0.25, 0.3) is 11.1 Å². The summed E-state index contributed by atoms with van der Waals surface area (Å²) in [5, 5.41) is 7.32. The largest absolute Gasteiger partial charge is 0.326 e. The summed E-state index contributed by atoms with van der Waals surface area (Å²) in [5.41, 5.74) is 3.86. The summed E-state index contributed by atoms with van der Waals surface area (Å²) in [6.45, 7) is 4.12. The molecule has 24 heavy (non-hydrogen) atoms. The van der Waals surface area contributed by atoms with E-state index in [-0.39, 0.29) is 12.3 Å². The molecule has 0 atom stereocenters. The Morgan fingerprint density at radius 2 is 1.67 bits per heavy atom. The molecule has 0 aliphatic rings. The van der Waals surface area contributed by atoms with Gasteiger partial charge in [0, 0.05) is 17.9 Å². The molecule has 4 nitrogen and oxygen atoms in total. The zero-order valence-corrected chi connectivity index (χ0v) is 13.9. The molecule has 3 rings (SSSR count). The molecule has 0 aliphatic heterocycles. The molecule has 4 heteroatoms. The average molecular weight is 319 g/mol. The number of aromatic nitrogens is 2. The molecule has 3 aromatic rings. The maximum Gasteiger partial charge on any atom is 0.230 e. The fourth-order valence-corrected chi connectivity index (χ4v) is 2.51. The summed E-state index contributed by atoms with van der Waals surface area (Å²) in [4.78, 5) is 12.2. The van der Waals surface area contributed by atoms with Crippen LogP contribution in [0.5, 0.6) is 0 Å². The van der Waals surface area contributed by atoms with Crippen molar-refractivity contribution in [1.29, 1.82) is 0 Å². The standard InChI is InChI=1S/C20H21N3O/c1-15(2)23-13-12-19(22-23)14-20(24)21-18-10-8-17(9-11-18)16-6-4-3-5-7-16/h3-13,15H,14H2,1-2H3,(H,21,24). The second-order valence-corrected chi connectivity index (χ2v) is 6.05. The highest BCUT2D eigenvalue weighted by Gasteiger charge is 2.08. The quantitative estimate of drug-likeness (QED) is 0.761. The van der Waals surface area contributed by atoms with Gasteiger partial charge in [-0.25, -0.2) is 0 Å². The molecule has 1 N–H and O–H groups in total. The Labute approximate surface area is 142 Å². The zero-order chi connectivity index (χ0) is 16.9. The van der Waals surface area contributed by atoms with Crippen molar-refractivity contribution < 1.29 is 4.79 Å². The summed E-state index contributed by atoms with van der Waals surface area (Å²) in [6, 6.07) is 20.2. The molecular formula is C20H21N3O. The number of rotatable bonds is 5. The van der Waals surface area contributed by atoms with Crippen LogP contribution in [0.1, 0.15) is 25.6 Å². The van der Waals surface area contributed by atoms with Crippen molar-refractivity contribution in [2.45, 2.75) is 26.3 Å². The maximum absolute atomic E-state index is 12.2. The van der Waals surface area contributed by atoms with E-state index in [1.165, 1.54) is 0 Å². The number of hydrogen-bond donors (Lipinski definition) is 1. The van der Waals surface area contributed by atoms with Gasteiger partial charge < -0.3 is 5.32 Å². The Hall–Kier alpha value is -2.88. The third kappa shape index (κ3) is 3.90. The summed E-state index contributed by atoms with van der Waals surface area (Å²) in [7, 11) is 0. The normalized spacial score (nSPS) is 10.8. The van der Waals surface area contributed by atoms with Crippen LogP contribution < -0.4 is 5.32 Å². The molecule has 2 aromatic carbocycles. The minimum absolute atomic E-state index is 0.0588. The highest BCUT2D eigenvalue weighted by atomic mass is 16.1. The van der Waals surface area contributed by atoms with Gasteiger partial charge in [0.25, 0.3) is 0 Å². The molecule has 0 radical (unpaired) electrons. The number of anilines is 1. The van der Waals surface area contributed by atoms with Crippen molar-refractivity contribution in [3.05, 3.63) is 72.6 Å². The van der Waals surface area contributed by atoms with E-state index >= 15 is 0 Å². The number of amides is 1. The van der Waals surface area contributed by atoms with Crippen molar-refractivity contribution in [2.75, 3.05) is 5.32 Å². The first-order valence-electron chi connectivity index (χ1n) is 8.11. The fraction of sp³-hybridized carbons (Fsp3) is 0.200. The fourth-order valence-electron chi connectivity index (χ4n) is 2.51. The van der Waals surface area contributed by atoms with Crippen molar-refractivity contribution >= 4 is 11.6 Å². The van der Waals surface area contributed by atoms with Gasteiger partial charge in [-0.2, -0.15) is 5.10 Å². The van der Waals surface area contributed by atoms with Gasteiger partial charge in [0.2, 0.25) is 5.91 Å². The molecular weight excluding hydrogens is 298 g/mol. The molecule has 1 heterocycles. The minimum atomic E-state index is -0.0588. The highest BCUT2D eigenvalue weighted by molar-refractivity contribution is 5.92. The van der Waals surface area contributed by atoms with E-state index in [0.29, 0.717) is 6.04 Å². The summed E-state index contributed by atoms with van der Waals surface area (Å²) >= 11 is 0. The zero-order valence-electron chi connectivity index (χ0n) is 13.9. The van der Waals surface area contributed by atoms with E-state index in [2.05, 4.69) is 36.4 Å². The minimum Gasteiger partial charge on any atom is -0.326 e. The van der Waals surface area contributed by atoms with E-state index in [9.17, 15) is 4.79 Å². The Bertz CT molecular complexity index is 804. The Morgan fingerprint density at radius 1 is 1.00 bits per heavy atom. The van der Waals surface area contributed by atoms with Crippen molar-refractivity contribution in [1.82, 2.24) is 9.78 Å². The van der Waals surface area contributed by atoms with E-state index in [4.69, 9.17) is 0 Å². The molecule has 1 amide bonds. The molecule has 0 saturated heterocycles. The van der Waals surface area contributed by atoms with Crippen LogP contribution >= 0.6 is 0 Å². The Kier molecular flexibility index (Phi) is 4.75. The van der Waals surface area contributed by atoms with Gasteiger partial charge in [-0.3, -0.25) is 9.48 Å². The number of nitrogens with zero attached hydrogens (tertiary/aromatic N) is 2. The topological polar surface area (TPSA) is 46.9 Å². The lowest BCUT2D eigenvalue weighted by Gasteiger charge is -2.07. The van der Waals surface area contributed by atoms with Crippen LogP contribution in [0.4, 0.5) is 5.69 Å². The van der Waals surface area contributed by atoms with Crippen LogP contribution in [0.2, 0.25) is 0 Å². The maximum atomic E-state index is 12.2. The van der Waals surface area contributed by atoms with Crippen molar-refractivity contribution in [3.63, 3.8) is 0 Å². The third-order valence-corrected chi connectivity index (χ3v) is 3.81. The molecule has 0 unspecified atom stereocenters. The first-order chi connectivity index (χ1) is 11.6. The Balaban J connectivity index is 1.62. The predicted molar refractivity (Wildman–Crippen MR) is 96.8 cm³/mol. The molecule has 0 bridgehead atoms. The van der Waals surface area contributed by atoms with E-state index in [0.717, 1.165) is 22.5 Å². The predicted octanol–water partition coefficient (Wildman–Crippen LogP) is 4.31. The summed E-state index contributed by atoms with van der Waals surface area (Å²) < 4.78 is 1.86. The number of carbonyl (C=O) groups excluding carboxylic acids is 1. The molecule has 0 spiro atoms. The molecule has 0 fully saturated rings. The number of hydrogen-bond acceptors (Lipinski definition) is 2. The summed E-state index contributed by atoms with van der Waals surface area (Å²) in [6.07, 6.45) is 2.18. The van der Waals surface area contributed by atoms with Gasteiger partial charge in [-0.15, -0.1) is 0 Å². The Morgan fingerprint density at radius 3 is 2.29 bits per heavy atom. The lowest BCUT2D eigenvalue weighted by Crippen LogP contribution is -2.15. The highest BCUT2D eigenvalue weighted by Crippen LogP contribution is 2.21. The van der Waals surface area contributed by atoms with Crippen LogP contribution in [-0.2, 0) is 11.2 Å². The van der Waals surface area contributed by atoms with Gasteiger partial charge in [0.05, 0.1) is 12.1 Å². The molecule has 0 aliphatic carbocycles. The van der Waals surface area contributed by atoms with Gasteiger partial charge in [0.1, 0.15) is 0 Å². The number of carbonyl (C=O) groups is 1. The van der Waals surface area contributed by atoms with E-state index in [1.807, 2.05) is 59.4 Å². The smallest absolute Gasteiger partial charge is 0.230 e. The second-order valence-electron chi connectivity index (χ2n) is 6.05. The molecule has 122 valence electrons. The average Bonchev–Trinajstić information content (AvgIpc) is 3.05. The second kappa shape index (κ2) is 7.13. The lowest BCUT2D eigenvalue weighted by atomic mass is 10.1. The number of nitrogens with one attached hydrogen (secondary N) is 1. The van der Waals surface area contributed by atoms with Crippen molar-refractivity contribution in [3.8, 4) is 11.1 Å². The van der Waals surface area contributed by atoms with Crippen molar-refractivity contribution in [2.24, 2.45) is 0 Å². The summed E-state index contributed by atoms with van der Waals surface area (Å²) in [5.74, 6) is -0.0588. The SMILES string of the molecule is CC(C)n1ccc(CC(=O)Nc2ccc(-c3ccccc3)cc2)n1. The monoisotopic (exact) mass is 319 g/mol. The van der Waals surface area contributed by atoms with Gasteiger partial charge in [-0.05, 0) is 43.2 Å². The van der Waals surface area contributed by atoms with E-state index in [1.54, 1.807) is 0 Å². The molecule has 0 saturated carbocycles. The first kappa shape index (κ1) is 16.0. The van der Waals surface area contributed by atoms with Crippen LogP contribution in [-0.4, -0.2) is 15.7 Å². The molecule has 1 aromatic heterocycles. The third-order valence-electron chi connectivity index (χ3n) is 3.81. The van der Waals surface area contributed by atoms with Crippen LogP contribution in [0.15, 0.2) is 66.9 Å². The van der Waals surface area contributed by atoms with Crippen LogP contribution in [0, 0.1) is 0 Å².